The molecule has 6 heteroatoms. The summed E-state index contributed by atoms with van der Waals surface area (Å²) in [5.74, 6) is -0.417. The number of carbonyl (C=O) groups is 2. The molecular formula is C21H26N2O4. The molecule has 0 unspecified atom stereocenters. The maximum absolute atomic E-state index is 12.5. The van der Waals surface area contributed by atoms with Gasteiger partial charge < -0.3 is 20.1 Å². The van der Waals surface area contributed by atoms with E-state index in [-0.39, 0.29) is 24.9 Å². The Bertz CT molecular complexity index is 721. The number of ether oxygens (including phenoxy) is 1. The normalized spacial score (nSPS) is 12.9. The molecule has 0 spiro atoms. The second-order valence-electron chi connectivity index (χ2n) is 6.19. The highest BCUT2D eigenvalue weighted by Crippen LogP contribution is 2.08. The van der Waals surface area contributed by atoms with Gasteiger partial charge in [0.05, 0.1) is 6.10 Å². The van der Waals surface area contributed by atoms with Gasteiger partial charge in [0.1, 0.15) is 6.10 Å². The van der Waals surface area contributed by atoms with Crippen LogP contribution in [0.4, 0.5) is 0 Å². The van der Waals surface area contributed by atoms with E-state index in [1.165, 1.54) is 4.90 Å². The summed E-state index contributed by atoms with van der Waals surface area (Å²) >= 11 is 0. The van der Waals surface area contributed by atoms with Gasteiger partial charge in [-0.15, -0.1) is 0 Å². The molecule has 0 saturated heterocycles. The van der Waals surface area contributed by atoms with Crippen LogP contribution in [0.5, 0.6) is 0 Å². The molecule has 2 amide bonds. The van der Waals surface area contributed by atoms with Gasteiger partial charge in [0.2, 0.25) is 0 Å². The van der Waals surface area contributed by atoms with Gasteiger partial charge in [0, 0.05) is 37.9 Å². The van der Waals surface area contributed by atoms with Crippen LogP contribution in [0.1, 0.15) is 27.6 Å². The molecule has 2 atom stereocenters. The molecule has 0 bridgehead atoms. The van der Waals surface area contributed by atoms with E-state index >= 15 is 0 Å². The number of aliphatic hydroxyl groups is 1. The Balaban J connectivity index is 1.92. The van der Waals surface area contributed by atoms with E-state index in [0.717, 1.165) is 0 Å². The van der Waals surface area contributed by atoms with Gasteiger partial charge in [-0.3, -0.25) is 9.59 Å². The molecule has 2 aromatic carbocycles. The summed E-state index contributed by atoms with van der Waals surface area (Å²) in [6.45, 7) is 2.46. The quantitative estimate of drug-likeness (QED) is 0.707. The molecule has 2 N–H and O–H groups in total. The predicted molar refractivity (Wildman–Crippen MR) is 104 cm³/mol. The lowest BCUT2D eigenvalue weighted by Gasteiger charge is -2.28. The second kappa shape index (κ2) is 10.4. The Labute approximate surface area is 159 Å². The fraction of sp³-hybridized carbons (Fsp3) is 0.333. The summed E-state index contributed by atoms with van der Waals surface area (Å²) in [7, 11) is 1.66. The number of carbonyl (C=O) groups excluding carboxylic acids is 2. The van der Waals surface area contributed by atoms with E-state index < -0.39 is 12.2 Å². The third-order valence-electron chi connectivity index (χ3n) is 4.14. The Hall–Kier alpha value is -2.70. The smallest absolute Gasteiger partial charge is 0.253 e. The molecule has 0 heterocycles. The third-order valence-corrected chi connectivity index (χ3v) is 4.14. The van der Waals surface area contributed by atoms with Crippen LogP contribution in [0, 0.1) is 0 Å². The zero-order valence-corrected chi connectivity index (χ0v) is 15.7. The number of hydrogen-bond acceptors (Lipinski definition) is 4. The zero-order chi connectivity index (χ0) is 19.6. The van der Waals surface area contributed by atoms with Crippen molar-refractivity contribution in [3.8, 4) is 0 Å². The number of likely N-dealkylation sites (N-methyl/N-ethyl adjacent to an activating group) is 1. The largest absolute Gasteiger partial charge is 0.388 e. The van der Waals surface area contributed by atoms with E-state index in [1.807, 2.05) is 19.1 Å². The average molecular weight is 370 g/mol. The highest BCUT2D eigenvalue weighted by Gasteiger charge is 2.24. The Kier molecular flexibility index (Phi) is 7.98. The van der Waals surface area contributed by atoms with E-state index in [2.05, 4.69) is 5.32 Å². The molecule has 0 saturated carbocycles. The second-order valence-corrected chi connectivity index (χ2v) is 6.19. The van der Waals surface area contributed by atoms with Crippen LogP contribution in [-0.2, 0) is 4.74 Å². The van der Waals surface area contributed by atoms with Crippen molar-refractivity contribution in [2.75, 3.05) is 26.7 Å². The first-order valence-electron chi connectivity index (χ1n) is 8.96. The van der Waals surface area contributed by atoms with Crippen molar-refractivity contribution in [1.82, 2.24) is 10.2 Å². The van der Waals surface area contributed by atoms with Crippen molar-refractivity contribution < 1.29 is 19.4 Å². The maximum Gasteiger partial charge on any atom is 0.253 e. The third kappa shape index (κ3) is 6.20. The molecule has 144 valence electrons. The van der Waals surface area contributed by atoms with Gasteiger partial charge in [-0.05, 0) is 31.2 Å². The number of rotatable bonds is 9. The van der Waals surface area contributed by atoms with Crippen molar-refractivity contribution in [2.45, 2.75) is 19.1 Å². The molecule has 0 aliphatic rings. The van der Waals surface area contributed by atoms with Crippen molar-refractivity contribution in [2.24, 2.45) is 0 Å². The zero-order valence-electron chi connectivity index (χ0n) is 15.7. The SMILES string of the molecule is CCO[C@H](CN(C)C(=O)c1ccccc1)[C@@H](O)CNC(=O)c1ccccc1. The van der Waals surface area contributed by atoms with Crippen molar-refractivity contribution >= 4 is 11.8 Å². The summed E-state index contributed by atoms with van der Waals surface area (Å²) in [5, 5.41) is 13.2. The monoisotopic (exact) mass is 370 g/mol. The Morgan fingerprint density at radius 1 is 1.04 bits per heavy atom. The van der Waals surface area contributed by atoms with Crippen LogP contribution >= 0.6 is 0 Å². The van der Waals surface area contributed by atoms with Crippen molar-refractivity contribution in [1.29, 1.82) is 0 Å². The number of aliphatic hydroxyl groups excluding tert-OH is 1. The van der Waals surface area contributed by atoms with Crippen LogP contribution < -0.4 is 5.32 Å². The molecule has 0 aromatic heterocycles. The van der Waals surface area contributed by atoms with Gasteiger partial charge in [-0.25, -0.2) is 0 Å². The van der Waals surface area contributed by atoms with Crippen molar-refractivity contribution in [3.05, 3.63) is 71.8 Å². The van der Waals surface area contributed by atoms with Crippen molar-refractivity contribution in [3.63, 3.8) is 0 Å². The first-order valence-corrected chi connectivity index (χ1v) is 8.96. The van der Waals surface area contributed by atoms with Gasteiger partial charge in [-0.2, -0.15) is 0 Å². The lowest BCUT2D eigenvalue weighted by atomic mass is 10.1. The van der Waals surface area contributed by atoms with E-state index in [0.29, 0.717) is 17.7 Å². The molecule has 6 nitrogen and oxygen atoms in total. The summed E-state index contributed by atoms with van der Waals surface area (Å²) in [5.41, 5.74) is 1.09. The minimum Gasteiger partial charge on any atom is -0.388 e. The molecule has 0 aliphatic carbocycles. The molecule has 0 aliphatic heterocycles. The van der Waals surface area contributed by atoms with Crippen LogP contribution in [0.3, 0.4) is 0 Å². The van der Waals surface area contributed by atoms with Crippen LogP contribution in [0.2, 0.25) is 0 Å². The highest BCUT2D eigenvalue weighted by molar-refractivity contribution is 5.94. The number of nitrogens with zero attached hydrogens (tertiary/aromatic N) is 1. The lowest BCUT2D eigenvalue weighted by molar-refractivity contribution is -0.0412. The predicted octanol–water partition coefficient (Wildman–Crippen LogP) is 1.95. The molecule has 0 radical (unpaired) electrons. The van der Waals surface area contributed by atoms with E-state index in [1.54, 1.807) is 55.6 Å². The molecule has 27 heavy (non-hydrogen) atoms. The summed E-state index contributed by atoms with van der Waals surface area (Å²) in [4.78, 5) is 26.1. The molecule has 0 fully saturated rings. The summed E-state index contributed by atoms with van der Waals surface area (Å²) in [6.07, 6.45) is -1.55. The van der Waals surface area contributed by atoms with Gasteiger partial charge in [0.15, 0.2) is 0 Å². The fourth-order valence-electron chi connectivity index (χ4n) is 2.67. The molecule has 2 aromatic rings. The van der Waals surface area contributed by atoms with Gasteiger partial charge >= 0.3 is 0 Å². The highest BCUT2D eigenvalue weighted by atomic mass is 16.5. The maximum atomic E-state index is 12.5. The summed E-state index contributed by atoms with van der Waals surface area (Å²) < 4.78 is 5.60. The van der Waals surface area contributed by atoms with Crippen LogP contribution in [0.15, 0.2) is 60.7 Å². The number of hydrogen-bond donors (Lipinski definition) is 2. The number of benzene rings is 2. The van der Waals surface area contributed by atoms with Crippen LogP contribution in [-0.4, -0.2) is 60.8 Å². The minimum absolute atomic E-state index is 0.0335. The topological polar surface area (TPSA) is 78.9 Å². The summed E-state index contributed by atoms with van der Waals surface area (Å²) in [6, 6.07) is 17.7. The van der Waals surface area contributed by atoms with Gasteiger partial charge in [-0.1, -0.05) is 36.4 Å². The van der Waals surface area contributed by atoms with Gasteiger partial charge in [0.25, 0.3) is 11.8 Å². The van der Waals surface area contributed by atoms with Crippen LogP contribution in [0.25, 0.3) is 0 Å². The van der Waals surface area contributed by atoms with E-state index in [4.69, 9.17) is 4.74 Å². The fourth-order valence-corrected chi connectivity index (χ4v) is 2.67. The standard InChI is InChI=1S/C21H26N2O4/c1-3-27-19(15-23(2)21(26)17-12-8-5-9-13-17)18(24)14-22-20(25)16-10-6-4-7-11-16/h4-13,18-19,24H,3,14-15H2,1-2H3,(H,22,25)/t18-,19+/m0/s1. The Morgan fingerprint density at radius 2 is 1.59 bits per heavy atom. The molecule has 2 rings (SSSR count). The van der Waals surface area contributed by atoms with E-state index in [9.17, 15) is 14.7 Å². The Morgan fingerprint density at radius 3 is 2.15 bits per heavy atom. The first-order chi connectivity index (χ1) is 13.0. The minimum atomic E-state index is -0.941. The average Bonchev–Trinajstić information content (AvgIpc) is 2.72. The first kappa shape index (κ1) is 20.6. The lowest BCUT2D eigenvalue weighted by Crippen LogP contribution is -2.46. The number of nitrogens with one attached hydrogen (secondary N) is 1. The molecular weight excluding hydrogens is 344 g/mol. The number of amides is 2.